The van der Waals surface area contributed by atoms with Gasteiger partial charge in [-0.3, -0.25) is 18.6 Å². The van der Waals surface area contributed by atoms with Gasteiger partial charge >= 0.3 is 0 Å². The number of amides is 3. The average Bonchev–Trinajstić information content (AvgIpc) is 1.60. The van der Waals surface area contributed by atoms with Crippen LogP contribution in [0.1, 0.15) is 110 Å². The second-order valence-corrected chi connectivity index (χ2v) is 36.5. The van der Waals surface area contributed by atoms with Crippen LogP contribution in [0, 0.1) is 0 Å². The third-order valence-corrected chi connectivity index (χ3v) is 23.7. The molecule has 12 rings (SSSR count). The lowest BCUT2D eigenvalue weighted by molar-refractivity contribution is 0.0635. The average molecular weight is 1530 g/mol. The van der Waals surface area contributed by atoms with Crippen LogP contribution in [0.3, 0.4) is 0 Å². The zero-order valence-electron chi connectivity index (χ0n) is 62.7. The summed E-state index contributed by atoms with van der Waals surface area (Å²) in [5.74, 6) is 4.43. The highest BCUT2D eigenvalue weighted by Crippen LogP contribution is 2.49. The van der Waals surface area contributed by atoms with Gasteiger partial charge in [-0.25, -0.2) is 8.42 Å². The SMILES string of the molecule is COc1cc2c(cc1OCCOS(C)(=O)=O)-c1c(-c3cccs3)cc(C(=O)N(C)C(C)(C)C)n1CC2.COc1cc2c(cc1OCCS(C)(=O)=O)-c1c(-c3cccs3)cc(C(=O)N(C)C(C)(C)C)n1CC2.COc1cc2c(cc1OCCSC)-c1c(-c3cccs3)cc(C(=O)N(C)C(C)(C)C)n1CC2. The number of aryl methyl sites for hydroxylation is 3. The summed E-state index contributed by atoms with van der Waals surface area (Å²) >= 11 is 6.70. The summed E-state index contributed by atoms with van der Waals surface area (Å²) in [4.78, 5) is 49.4. The van der Waals surface area contributed by atoms with Gasteiger partial charge in [-0.1, -0.05) is 18.2 Å². The number of thioether (sulfide) groups is 1. The third kappa shape index (κ3) is 17.4. The zero-order chi connectivity index (χ0) is 75.5. The molecule has 0 spiro atoms. The second kappa shape index (κ2) is 32.0. The van der Waals surface area contributed by atoms with Gasteiger partial charge in [0.1, 0.15) is 36.9 Å². The first-order chi connectivity index (χ1) is 49.1. The van der Waals surface area contributed by atoms with Gasteiger partial charge in [-0.2, -0.15) is 20.2 Å². The lowest BCUT2D eigenvalue weighted by atomic mass is 9.95. The molecule has 0 atom stereocenters. The molecule has 20 nitrogen and oxygen atoms in total. The Hall–Kier alpha value is -7.98. The van der Waals surface area contributed by atoms with E-state index in [9.17, 15) is 31.2 Å². The van der Waals surface area contributed by atoms with E-state index in [2.05, 4.69) is 88.6 Å². The van der Waals surface area contributed by atoms with Gasteiger partial charge in [0.25, 0.3) is 27.8 Å². The molecule has 104 heavy (non-hydrogen) atoms. The standard InChI is InChI=1S/C26H32N2O6S2.C26H32N2O5S2.C26H32N2O3S2/c1-26(2,3)27(4)25(29)20-15-19(23-8-7-13-35-23)24-18-16-22(33-11-12-34-36(6,30)31)21(32-5)14-17(18)9-10-28(20)24;1-26(2,3)27(4)25(29)20-15-19(23-8-7-12-34-23)24-18-16-22(33-11-13-35(6,30)31)21(32-5)14-17(18)9-10-28(20)24;1-26(2,3)27(4)25(29)20-15-19(23-8-7-12-33-23)24-18-16-22(31-11-13-32-6)21(30-5)14-17(18)9-10-28(20)24/h7-8,13-16H,9-12H2,1-6H3;7-8,12,14-16H,9-11,13H2,1-6H3;7-8,12,14-16H,9-11,13H2,1-6H3. The minimum Gasteiger partial charge on any atom is -0.493 e. The van der Waals surface area contributed by atoms with Crippen molar-refractivity contribution in [2.45, 2.75) is 118 Å². The first kappa shape index (κ1) is 78.6. The molecule has 0 fully saturated rings. The molecule has 3 amide bonds. The first-order valence-electron chi connectivity index (χ1n) is 34.3. The van der Waals surface area contributed by atoms with E-state index in [0.29, 0.717) is 54.1 Å². The molecule has 3 aliphatic rings. The maximum Gasteiger partial charge on any atom is 0.270 e. The van der Waals surface area contributed by atoms with Crippen molar-refractivity contribution >= 4 is 83.4 Å². The monoisotopic (exact) mass is 1530 g/mol. The fraction of sp³-hybridized carbons (Fsp3) is 0.423. The predicted molar refractivity (Wildman–Crippen MR) is 421 cm³/mol. The van der Waals surface area contributed by atoms with Gasteiger partial charge in [-0.15, -0.1) is 34.0 Å². The van der Waals surface area contributed by atoms with Crippen LogP contribution in [0.5, 0.6) is 34.5 Å². The molecule has 0 saturated carbocycles. The van der Waals surface area contributed by atoms with Crippen LogP contribution in [0.25, 0.3) is 65.1 Å². The molecule has 9 aromatic rings. The van der Waals surface area contributed by atoms with Crippen LogP contribution in [0.4, 0.5) is 0 Å². The number of sulfone groups is 1. The van der Waals surface area contributed by atoms with Crippen LogP contribution in [-0.2, 0) is 63.0 Å². The van der Waals surface area contributed by atoms with Gasteiger partial charge in [0.05, 0.1) is 57.0 Å². The van der Waals surface area contributed by atoms with Crippen LogP contribution in [-0.4, -0.2) is 179 Å². The van der Waals surface area contributed by atoms with E-state index in [1.165, 1.54) is 11.8 Å². The summed E-state index contributed by atoms with van der Waals surface area (Å²) in [6.45, 7) is 21.0. The summed E-state index contributed by atoms with van der Waals surface area (Å²) < 4.78 is 91.5. The second-order valence-electron chi connectivity index (χ2n) is 28.8. The van der Waals surface area contributed by atoms with Crippen molar-refractivity contribution in [1.82, 2.24) is 28.4 Å². The van der Waals surface area contributed by atoms with Crippen molar-refractivity contribution in [3.63, 3.8) is 0 Å². The maximum atomic E-state index is 13.6. The van der Waals surface area contributed by atoms with Gasteiger partial charge in [0, 0.05) is 117 Å². The van der Waals surface area contributed by atoms with Gasteiger partial charge in [0.2, 0.25) is 0 Å². The third-order valence-electron chi connectivity index (χ3n) is 18.9. The van der Waals surface area contributed by atoms with E-state index >= 15 is 0 Å². The molecule has 0 aliphatic carbocycles. The number of methoxy groups -OCH3 is 3. The fourth-order valence-corrected chi connectivity index (χ4v) is 15.7. The Morgan fingerprint density at radius 2 is 0.769 bits per heavy atom. The number of fused-ring (bicyclic) bond motifs is 9. The number of thiophene rings is 3. The molecule has 3 aromatic carbocycles. The van der Waals surface area contributed by atoms with Crippen molar-refractivity contribution in [1.29, 1.82) is 0 Å². The number of carbonyl (C=O) groups is 3. The number of carbonyl (C=O) groups excluding carboxylic acids is 3. The summed E-state index contributed by atoms with van der Waals surface area (Å²) in [5.41, 5.74) is 13.7. The number of hydrogen-bond acceptors (Lipinski definition) is 18. The normalized spacial score (nSPS) is 13.1. The number of ether oxygens (including phenoxy) is 6. The van der Waals surface area contributed by atoms with Gasteiger partial charge in [-0.05, 0) is 193 Å². The molecule has 558 valence electrons. The van der Waals surface area contributed by atoms with Crippen LogP contribution < -0.4 is 28.4 Å². The molecule has 6 aromatic heterocycles. The van der Waals surface area contributed by atoms with Gasteiger partial charge in [0.15, 0.2) is 44.3 Å². The summed E-state index contributed by atoms with van der Waals surface area (Å²) in [5, 5.41) is 6.13. The zero-order valence-corrected chi connectivity index (χ0v) is 67.6. The first-order valence-corrected chi connectivity index (χ1v) is 42.2. The van der Waals surface area contributed by atoms with Crippen molar-refractivity contribution in [2.75, 3.05) is 99.2 Å². The van der Waals surface area contributed by atoms with Crippen molar-refractivity contribution in [3.8, 4) is 99.6 Å². The Labute approximate surface area is 628 Å². The van der Waals surface area contributed by atoms with Crippen molar-refractivity contribution in [2.24, 2.45) is 0 Å². The van der Waals surface area contributed by atoms with Gasteiger partial charge < -0.3 is 56.8 Å². The number of aromatic nitrogens is 3. The number of hydrogen-bond donors (Lipinski definition) is 0. The Morgan fingerprint density at radius 1 is 0.452 bits per heavy atom. The number of rotatable bonds is 22. The Bertz CT molecular complexity index is 4820. The molecule has 0 saturated heterocycles. The molecule has 3 aliphatic heterocycles. The van der Waals surface area contributed by atoms with Crippen LogP contribution >= 0.6 is 45.8 Å². The highest BCUT2D eigenvalue weighted by atomic mass is 32.2. The minimum atomic E-state index is -3.55. The lowest BCUT2D eigenvalue weighted by Crippen LogP contribution is -2.43. The highest BCUT2D eigenvalue weighted by molar-refractivity contribution is 7.98. The molecule has 0 radical (unpaired) electrons. The molecule has 26 heteroatoms. The van der Waals surface area contributed by atoms with E-state index in [1.807, 2.05) is 127 Å². The van der Waals surface area contributed by atoms with E-state index in [4.69, 9.17) is 32.6 Å². The van der Waals surface area contributed by atoms with Crippen LogP contribution in [0.2, 0.25) is 0 Å². The highest BCUT2D eigenvalue weighted by Gasteiger charge is 2.36. The largest absolute Gasteiger partial charge is 0.493 e. The van der Waals surface area contributed by atoms with Crippen LogP contribution in [0.15, 0.2) is 107 Å². The van der Waals surface area contributed by atoms with E-state index in [-0.39, 0.29) is 59.9 Å². The lowest BCUT2D eigenvalue weighted by Gasteiger charge is -2.32. The molecule has 0 N–H and O–H groups in total. The quantitative estimate of drug-likeness (QED) is 0.0456. The topological polar surface area (TPSA) is 209 Å². The van der Waals surface area contributed by atoms with E-state index in [0.717, 1.165) is 131 Å². The summed E-state index contributed by atoms with van der Waals surface area (Å²) in [6.07, 6.45) is 6.56. The maximum absolute atomic E-state index is 13.6. The molecule has 9 heterocycles. The Morgan fingerprint density at radius 3 is 1.04 bits per heavy atom. The summed E-state index contributed by atoms with van der Waals surface area (Å²) in [6, 6.07) is 30.3. The fourth-order valence-electron chi connectivity index (χ4n) is 12.5. The smallest absolute Gasteiger partial charge is 0.270 e. The summed E-state index contributed by atoms with van der Waals surface area (Å²) in [7, 11) is 3.68. The molecular formula is C78H96N6O14S6. The van der Waals surface area contributed by atoms with Crippen molar-refractivity contribution in [3.05, 3.63) is 141 Å². The Balaban J connectivity index is 0.000000168. The molecule has 0 bridgehead atoms. The Kier molecular flexibility index (Phi) is 24.2. The van der Waals surface area contributed by atoms with E-state index in [1.54, 1.807) is 76.9 Å². The number of benzene rings is 3. The number of nitrogens with zero attached hydrogens (tertiary/aromatic N) is 6. The van der Waals surface area contributed by atoms with E-state index < -0.39 is 20.0 Å². The minimum absolute atomic E-state index is 0.0249. The predicted octanol–water partition coefficient (Wildman–Crippen LogP) is 15.5. The molecule has 0 unspecified atom stereocenters. The van der Waals surface area contributed by atoms with Crippen molar-refractivity contribution < 1.29 is 63.8 Å². The molecular weight excluding hydrogens is 1440 g/mol.